The molecule has 126 valence electrons. The zero-order valence-corrected chi connectivity index (χ0v) is 14.1. The summed E-state index contributed by atoms with van der Waals surface area (Å²) in [7, 11) is 0. The van der Waals surface area contributed by atoms with Gasteiger partial charge in [0, 0.05) is 18.4 Å². The van der Waals surface area contributed by atoms with Crippen LogP contribution in [-0.4, -0.2) is 23.3 Å². The number of aliphatic hydroxyl groups is 1. The zero-order chi connectivity index (χ0) is 17.1. The molecule has 0 aromatic heterocycles. The fourth-order valence-corrected chi connectivity index (χ4v) is 3.31. The molecule has 0 heterocycles. The van der Waals surface area contributed by atoms with Crippen molar-refractivity contribution in [3.8, 4) is 0 Å². The largest absolute Gasteiger partial charge is 0.390 e. The molecule has 4 atom stereocenters. The number of amides is 2. The van der Waals surface area contributed by atoms with Gasteiger partial charge in [-0.05, 0) is 23.6 Å². The first-order chi connectivity index (χ1) is 11.6. The van der Waals surface area contributed by atoms with Crippen molar-refractivity contribution in [2.24, 2.45) is 0 Å². The van der Waals surface area contributed by atoms with E-state index in [1.54, 1.807) is 0 Å². The molecule has 4 heteroatoms. The average molecular weight is 324 g/mol. The summed E-state index contributed by atoms with van der Waals surface area (Å²) in [6, 6.07) is 17.4. The fourth-order valence-electron chi connectivity index (χ4n) is 3.31. The van der Waals surface area contributed by atoms with Crippen LogP contribution in [0, 0.1) is 0 Å². The zero-order valence-electron chi connectivity index (χ0n) is 14.1. The molecule has 2 amide bonds. The van der Waals surface area contributed by atoms with Gasteiger partial charge in [0.1, 0.15) is 0 Å². The first-order valence-electron chi connectivity index (χ1n) is 8.44. The number of aliphatic hydroxyl groups excluding tert-OH is 1. The van der Waals surface area contributed by atoms with E-state index in [9.17, 15) is 9.90 Å². The Labute approximate surface area is 142 Å². The highest BCUT2D eigenvalue weighted by atomic mass is 16.3. The van der Waals surface area contributed by atoms with E-state index < -0.39 is 6.10 Å². The van der Waals surface area contributed by atoms with Crippen molar-refractivity contribution in [1.29, 1.82) is 0 Å². The quantitative estimate of drug-likeness (QED) is 0.809. The number of hydrogen-bond acceptors (Lipinski definition) is 2. The molecule has 2 aromatic rings. The summed E-state index contributed by atoms with van der Waals surface area (Å²) in [5.74, 6) is 0.206. The molecule has 1 aliphatic carbocycles. The minimum atomic E-state index is -0.574. The third-order valence-corrected chi connectivity index (χ3v) is 4.92. The molecular weight excluding hydrogens is 300 g/mol. The van der Waals surface area contributed by atoms with Crippen LogP contribution in [-0.2, 0) is 6.42 Å². The molecule has 0 fully saturated rings. The number of urea groups is 1. The maximum Gasteiger partial charge on any atom is 0.315 e. The predicted molar refractivity (Wildman–Crippen MR) is 94.9 cm³/mol. The molecule has 1 aliphatic rings. The Bertz CT molecular complexity index is 702. The number of benzene rings is 2. The second-order valence-electron chi connectivity index (χ2n) is 6.55. The Kier molecular flexibility index (Phi) is 4.86. The van der Waals surface area contributed by atoms with Crippen LogP contribution in [0.3, 0.4) is 0 Å². The van der Waals surface area contributed by atoms with Crippen molar-refractivity contribution in [2.45, 2.75) is 44.4 Å². The van der Waals surface area contributed by atoms with E-state index in [1.807, 2.05) is 49.4 Å². The van der Waals surface area contributed by atoms with Crippen LogP contribution in [0.4, 0.5) is 4.79 Å². The van der Waals surface area contributed by atoms with Gasteiger partial charge in [-0.2, -0.15) is 0 Å². The van der Waals surface area contributed by atoms with Crippen molar-refractivity contribution in [3.63, 3.8) is 0 Å². The van der Waals surface area contributed by atoms with Crippen LogP contribution >= 0.6 is 0 Å². The number of carbonyl (C=O) groups excluding carboxylic acids is 1. The molecule has 4 nitrogen and oxygen atoms in total. The summed E-state index contributed by atoms with van der Waals surface area (Å²) in [5, 5.41) is 16.2. The molecule has 24 heavy (non-hydrogen) atoms. The molecule has 0 bridgehead atoms. The van der Waals surface area contributed by atoms with Gasteiger partial charge < -0.3 is 15.7 Å². The summed E-state index contributed by atoms with van der Waals surface area (Å²) < 4.78 is 0. The highest BCUT2D eigenvalue weighted by Gasteiger charge is 2.32. The van der Waals surface area contributed by atoms with E-state index in [4.69, 9.17) is 0 Å². The lowest BCUT2D eigenvalue weighted by molar-refractivity contribution is 0.141. The summed E-state index contributed by atoms with van der Waals surface area (Å²) in [6.07, 6.45) is 0.00638. The molecule has 3 N–H and O–H groups in total. The summed E-state index contributed by atoms with van der Waals surface area (Å²) >= 11 is 0. The Balaban J connectivity index is 1.62. The van der Waals surface area contributed by atoms with Crippen LogP contribution in [0.1, 0.15) is 42.5 Å². The summed E-state index contributed by atoms with van der Waals surface area (Å²) in [6.45, 7) is 4.09. The number of fused-ring (bicyclic) bond motifs is 1. The van der Waals surface area contributed by atoms with Gasteiger partial charge >= 0.3 is 6.03 Å². The molecule has 0 saturated carbocycles. The third kappa shape index (κ3) is 3.44. The van der Waals surface area contributed by atoms with Crippen molar-refractivity contribution < 1.29 is 9.90 Å². The normalized spacial score (nSPS) is 21.6. The topological polar surface area (TPSA) is 61.4 Å². The van der Waals surface area contributed by atoms with Crippen molar-refractivity contribution >= 4 is 6.03 Å². The van der Waals surface area contributed by atoms with E-state index in [0.29, 0.717) is 6.42 Å². The van der Waals surface area contributed by atoms with Crippen LogP contribution < -0.4 is 10.6 Å². The highest BCUT2D eigenvalue weighted by Crippen LogP contribution is 2.31. The Morgan fingerprint density at radius 2 is 1.75 bits per heavy atom. The van der Waals surface area contributed by atoms with E-state index in [1.165, 1.54) is 5.56 Å². The van der Waals surface area contributed by atoms with Crippen molar-refractivity contribution in [2.75, 3.05) is 0 Å². The number of carbonyl (C=O) groups is 1. The number of rotatable bonds is 4. The molecule has 0 saturated heterocycles. The van der Waals surface area contributed by atoms with Gasteiger partial charge in [-0.25, -0.2) is 4.79 Å². The summed E-state index contributed by atoms with van der Waals surface area (Å²) in [4.78, 5) is 12.4. The molecule has 0 radical (unpaired) electrons. The lowest BCUT2D eigenvalue weighted by atomic mass is 9.94. The standard InChI is InChI=1S/C20H24N2O2/c1-13(15-8-4-3-5-9-15)14(2)21-20(24)22-19-17-11-7-6-10-16(17)12-18(19)23/h3-11,13-14,18-19,23H,12H2,1-2H3,(H2,21,22,24)/t13?,14?,18-,19+/m1/s1. The highest BCUT2D eigenvalue weighted by molar-refractivity contribution is 5.75. The van der Waals surface area contributed by atoms with E-state index in [-0.39, 0.29) is 24.0 Å². The Morgan fingerprint density at radius 3 is 2.50 bits per heavy atom. The van der Waals surface area contributed by atoms with Gasteiger partial charge in [-0.1, -0.05) is 61.5 Å². The minimum absolute atomic E-state index is 0.0128. The molecule has 2 unspecified atom stereocenters. The van der Waals surface area contributed by atoms with Crippen molar-refractivity contribution in [3.05, 3.63) is 71.3 Å². The summed E-state index contributed by atoms with van der Waals surface area (Å²) in [5.41, 5.74) is 3.29. The second kappa shape index (κ2) is 7.05. The lowest BCUT2D eigenvalue weighted by Crippen LogP contribution is -2.45. The van der Waals surface area contributed by atoms with E-state index in [0.717, 1.165) is 11.1 Å². The minimum Gasteiger partial charge on any atom is -0.390 e. The maximum atomic E-state index is 12.4. The maximum absolute atomic E-state index is 12.4. The Morgan fingerprint density at radius 1 is 1.08 bits per heavy atom. The molecule has 0 aliphatic heterocycles. The van der Waals surface area contributed by atoms with Crippen molar-refractivity contribution in [1.82, 2.24) is 10.6 Å². The van der Waals surface area contributed by atoms with Crippen LogP contribution in [0.5, 0.6) is 0 Å². The van der Waals surface area contributed by atoms with Gasteiger partial charge in [-0.15, -0.1) is 0 Å². The predicted octanol–water partition coefficient (Wildman–Crippen LogP) is 3.14. The van der Waals surface area contributed by atoms with Gasteiger partial charge in [0.05, 0.1) is 12.1 Å². The van der Waals surface area contributed by atoms with Gasteiger partial charge in [0.2, 0.25) is 0 Å². The first-order valence-corrected chi connectivity index (χ1v) is 8.44. The van der Waals surface area contributed by atoms with Gasteiger partial charge in [0.25, 0.3) is 0 Å². The van der Waals surface area contributed by atoms with Gasteiger partial charge in [-0.3, -0.25) is 0 Å². The molecule has 0 spiro atoms. The monoisotopic (exact) mass is 324 g/mol. The van der Waals surface area contributed by atoms with Crippen LogP contribution in [0.2, 0.25) is 0 Å². The van der Waals surface area contributed by atoms with Crippen LogP contribution in [0.15, 0.2) is 54.6 Å². The average Bonchev–Trinajstić information content (AvgIpc) is 2.90. The number of nitrogens with one attached hydrogen (secondary N) is 2. The SMILES string of the molecule is CC(NC(=O)N[C@H]1c2ccccc2C[C@H]1O)C(C)c1ccccc1. The van der Waals surface area contributed by atoms with E-state index in [2.05, 4.69) is 29.7 Å². The van der Waals surface area contributed by atoms with Gasteiger partial charge in [0.15, 0.2) is 0 Å². The molecular formula is C20H24N2O2. The third-order valence-electron chi connectivity index (χ3n) is 4.92. The first kappa shape index (κ1) is 16.5. The Hall–Kier alpha value is -2.33. The lowest BCUT2D eigenvalue weighted by Gasteiger charge is -2.24. The second-order valence-corrected chi connectivity index (χ2v) is 6.55. The van der Waals surface area contributed by atoms with Crippen LogP contribution in [0.25, 0.3) is 0 Å². The number of hydrogen-bond donors (Lipinski definition) is 3. The smallest absolute Gasteiger partial charge is 0.315 e. The fraction of sp³-hybridized carbons (Fsp3) is 0.350. The molecule has 3 rings (SSSR count). The molecule has 2 aromatic carbocycles. The van der Waals surface area contributed by atoms with E-state index >= 15 is 0 Å².